The summed E-state index contributed by atoms with van der Waals surface area (Å²) in [6, 6.07) is 7.75. The number of rotatable bonds is 6. The van der Waals surface area contributed by atoms with Gasteiger partial charge in [-0.1, -0.05) is 32.9 Å². The largest absolute Gasteiger partial charge is 0.313 e. The zero-order chi connectivity index (χ0) is 13.9. The molecule has 1 fully saturated rings. The average molecular weight is 263 g/mol. The molecule has 1 nitrogen and oxygen atoms in total. The molecule has 1 saturated carbocycles. The second-order valence-corrected chi connectivity index (χ2v) is 5.79. The molecule has 0 amide bonds. The molecule has 0 aromatic heterocycles. The Morgan fingerprint density at radius 3 is 2.32 bits per heavy atom. The predicted octanol–water partition coefficient (Wildman–Crippen LogP) is 4.49. The summed E-state index contributed by atoms with van der Waals surface area (Å²) in [5.41, 5.74) is 1.66. The molecular weight excluding hydrogens is 237 g/mol. The van der Waals surface area contributed by atoms with E-state index in [4.69, 9.17) is 0 Å². The molecule has 19 heavy (non-hydrogen) atoms. The van der Waals surface area contributed by atoms with Crippen LogP contribution >= 0.6 is 0 Å². The lowest BCUT2D eigenvalue weighted by molar-refractivity contribution is 0.0201. The Labute approximate surface area is 116 Å². The quantitative estimate of drug-likeness (QED) is 0.797. The van der Waals surface area contributed by atoms with E-state index in [0.717, 1.165) is 6.54 Å². The fourth-order valence-corrected chi connectivity index (χ4v) is 3.79. The van der Waals surface area contributed by atoms with E-state index in [9.17, 15) is 4.39 Å². The van der Waals surface area contributed by atoms with Gasteiger partial charge in [-0.15, -0.1) is 0 Å². The molecule has 0 radical (unpaired) electrons. The third-order valence-corrected chi connectivity index (χ3v) is 5.09. The van der Waals surface area contributed by atoms with Crippen LogP contribution in [-0.2, 0) is 0 Å². The van der Waals surface area contributed by atoms with Gasteiger partial charge in [-0.3, -0.25) is 0 Å². The molecule has 2 unspecified atom stereocenters. The molecule has 1 N–H and O–H groups in total. The van der Waals surface area contributed by atoms with Crippen molar-refractivity contribution in [1.82, 2.24) is 5.32 Å². The minimum Gasteiger partial charge on any atom is -0.313 e. The first-order chi connectivity index (χ1) is 9.17. The first-order valence-electron chi connectivity index (χ1n) is 7.66. The Bertz CT molecular complexity index is 394. The van der Waals surface area contributed by atoms with E-state index >= 15 is 0 Å². The van der Waals surface area contributed by atoms with Crippen LogP contribution in [0.5, 0.6) is 0 Å². The molecule has 0 aliphatic heterocycles. The molecule has 0 spiro atoms. The molecule has 1 aliphatic rings. The van der Waals surface area contributed by atoms with Crippen LogP contribution in [0.1, 0.15) is 57.9 Å². The van der Waals surface area contributed by atoms with Crippen LogP contribution in [0.3, 0.4) is 0 Å². The first kappa shape index (κ1) is 14.5. The molecule has 2 atom stereocenters. The van der Waals surface area contributed by atoms with Crippen molar-refractivity contribution >= 4 is 0 Å². The third-order valence-electron chi connectivity index (χ3n) is 5.09. The van der Waals surface area contributed by atoms with Crippen molar-refractivity contribution in [3.05, 3.63) is 35.6 Å². The van der Waals surface area contributed by atoms with Gasteiger partial charge in [0.05, 0.1) is 0 Å². The zero-order valence-electron chi connectivity index (χ0n) is 12.4. The van der Waals surface area contributed by atoms with Crippen LogP contribution in [0, 0.1) is 11.2 Å². The van der Waals surface area contributed by atoms with E-state index < -0.39 is 0 Å². The summed E-state index contributed by atoms with van der Waals surface area (Å²) < 4.78 is 13.1. The summed E-state index contributed by atoms with van der Waals surface area (Å²) in [5, 5.41) is 3.70. The van der Waals surface area contributed by atoms with Gasteiger partial charge in [-0.05, 0) is 61.3 Å². The van der Waals surface area contributed by atoms with Crippen molar-refractivity contribution in [2.45, 2.75) is 58.4 Å². The summed E-state index contributed by atoms with van der Waals surface area (Å²) in [6.45, 7) is 7.89. The minimum absolute atomic E-state index is 0.137. The Morgan fingerprint density at radius 1 is 1.16 bits per heavy atom. The van der Waals surface area contributed by atoms with E-state index in [-0.39, 0.29) is 5.82 Å². The predicted molar refractivity (Wildman–Crippen MR) is 78.9 cm³/mol. The normalized spacial score (nSPS) is 25.1. The summed E-state index contributed by atoms with van der Waals surface area (Å²) in [5.74, 6) is 0.444. The van der Waals surface area contributed by atoms with Crippen molar-refractivity contribution in [2.24, 2.45) is 5.41 Å². The number of hydrogen-bond donors (Lipinski definition) is 1. The number of halogens is 1. The molecule has 1 aliphatic carbocycles. The van der Waals surface area contributed by atoms with Gasteiger partial charge in [0, 0.05) is 6.04 Å². The molecule has 0 bridgehead atoms. The van der Waals surface area contributed by atoms with Crippen molar-refractivity contribution < 1.29 is 4.39 Å². The van der Waals surface area contributed by atoms with Gasteiger partial charge < -0.3 is 5.32 Å². The van der Waals surface area contributed by atoms with E-state index in [1.165, 1.54) is 31.2 Å². The maximum atomic E-state index is 13.1. The van der Waals surface area contributed by atoms with Crippen LogP contribution in [0.25, 0.3) is 0 Å². The molecule has 1 aromatic rings. The lowest BCUT2D eigenvalue weighted by atomic mass is 9.52. The fraction of sp³-hybridized carbons (Fsp3) is 0.647. The second-order valence-electron chi connectivity index (χ2n) is 5.79. The van der Waals surface area contributed by atoms with Crippen molar-refractivity contribution in [2.75, 3.05) is 6.54 Å². The van der Waals surface area contributed by atoms with Gasteiger partial charge >= 0.3 is 0 Å². The third kappa shape index (κ3) is 2.55. The van der Waals surface area contributed by atoms with Crippen LogP contribution < -0.4 is 5.32 Å². The smallest absolute Gasteiger partial charge is 0.123 e. The van der Waals surface area contributed by atoms with Gasteiger partial charge in [0.2, 0.25) is 0 Å². The van der Waals surface area contributed by atoms with Crippen molar-refractivity contribution in [3.63, 3.8) is 0 Å². The maximum Gasteiger partial charge on any atom is 0.123 e. The molecular formula is C17H26FN. The van der Waals surface area contributed by atoms with Gasteiger partial charge in [0.1, 0.15) is 5.82 Å². The SMILES string of the molecule is CCCNC1CC(c2ccc(F)cc2)C1(CC)CC. The summed E-state index contributed by atoms with van der Waals surface area (Å²) in [6.07, 6.45) is 4.74. The Kier molecular flexibility index (Phi) is 4.62. The number of hydrogen-bond acceptors (Lipinski definition) is 1. The molecule has 2 heteroatoms. The molecule has 0 heterocycles. The first-order valence-corrected chi connectivity index (χ1v) is 7.66. The van der Waals surface area contributed by atoms with E-state index in [2.05, 4.69) is 26.1 Å². The summed E-state index contributed by atoms with van der Waals surface area (Å²) in [4.78, 5) is 0. The second kappa shape index (κ2) is 6.04. The highest BCUT2D eigenvalue weighted by molar-refractivity contribution is 5.28. The topological polar surface area (TPSA) is 12.0 Å². The molecule has 0 saturated heterocycles. The maximum absolute atomic E-state index is 13.1. The summed E-state index contributed by atoms with van der Waals surface area (Å²) in [7, 11) is 0. The lowest BCUT2D eigenvalue weighted by Crippen LogP contribution is -2.58. The molecule has 106 valence electrons. The number of nitrogens with one attached hydrogen (secondary N) is 1. The van der Waals surface area contributed by atoms with E-state index in [1.807, 2.05) is 12.1 Å². The van der Waals surface area contributed by atoms with Gasteiger partial charge in [-0.25, -0.2) is 4.39 Å². The zero-order valence-corrected chi connectivity index (χ0v) is 12.4. The highest BCUT2D eigenvalue weighted by Gasteiger charge is 2.52. The highest BCUT2D eigenvalue weighted by Crippen LogP contribution is 2.57. The van der Waals surface area contributed by atoms with Gasteiger partial charge in [0.25, 0.3) is 0 Å². The van der Waals surface area contributed by atoms with Gasteiger partial charge in [-0.2, -0.15) is 0 Å². The standard InChI is InChI=1S/C17H26FN/c1-4-11-19-16-12-15(17(16,5-2)6-3)13-7-9-14(18)10-8-13/h7-10,15-16,19H,4-6,11-12H2,1-3H3. The number of benzene rings is 1. The van der Waals surface area contributed by atoms with Gasteiger partial charge in [0.15, 0.2) is 0 Å². The van der Waals surface area contributed by atoms with Crippen molar-refractivity contribution in [1.29, 1.82) is 0 Å². The van der Waals surface area contributed by atoms with E-state index in [0.29, 0.717) is 17.4 Å². The monoisotopic (exact) mass is 263 g/mol. The van der Waals surface area contributed by atoms with Crippen molar-refractivity contribution in [3.8, 4) is 0 Å². The fourth-order valence-electron chi connectivity index (χ4n) is 3.79. The molecule has 2 rings (SSSR count). The highest BCUT2D eigenvalue weighted by atomic mass is 19.1. The Hall–Kier alpha value is -0.890. The minimum atomic E-state index is -0.137. The Balaban J connectivity index is 2.16. The summed E-state index contributed by atoms with van der Waals surface area (Å²) >= 11 is 0. The van der Waals surface area contributed by atoms with Crippen LogP contribution in [-0.4, -0.2) is 12.6 Å². The van der Waals surface area contributed by atoms with Crippen LogP contribution in [0.2, 0.25) is 0 Å². The average Bonchev–Trinajstić information content (AvgIpc) is 2.41. The van der Waals surface area contributed by atoms with E-state index in [1.54, 1.807) is 12.1 Å². The molecule has 1 aromatic carbocycles. The lowest BCUT2D eigenvalue weighted by Gasteiger charge is -2.57. The van der Waals surface area contributed by atoms with Crippen LogP contribution in [0.4, 0.5) is 4.39 Å². The van der Waals surface area contributed by atoms with Crippen LogP contribution in [0.15, 0.2) is 24.3 Å². The Morgan fingerprint density at radius 2 is 1.79 bits per heavy atom.